The predicted molar refractivity (Wildman–Crippen MR) is 67.8 cm³/mol. The highest BCUT2D eigenvalue weighted by atomic mass is 35.5. The Balaban J connectivity index is 2.51. The molecule has 2 rings (SSSR count). The Labute approximate surface area is 104 Å². The van der Waals surface area contributed by atoms with Crippen molar-refractivity contribution in [1.29, 1.82) is 0 Å². The number of rotatable bonds is 2. The summed E-state index contributed by atoms with van der Waals surface area (Å²) in [6.45, 7) is -0.0197. The summed E-state index contributed by atoms with van der Waals surface area (Å²) in [4.78, 5) is 0. The summed E-state index contributed by atoms with van der Waals surface area (Å²) < 4.78 is 0. The number of benzene rings is 2. The topological polar surface area (TPSA) is 20.2 Å². The Hall–Kier alpha value is -1.02. The average Bonchev–Trinajstić information content (AvgIpc) is 2.28. The highest BCUT2D eigenvalue weighted by molar-refractivity contribution is 6.31. The fourth-order valence-electron chi connectivity index (χ4n) is 1.58. The first kappa shape index (κ1) is 11.5. The second-order valence-corrected chi connectivity index (χ2v) is 4.39. The van der Waals surface area contributed by atoms with Gasteiger partial charge in [-0.2, -0.15) is 0 Å². The van der Waals surface area contributed by atoms with Gasteiger partial charge >= 0.3 is 0 Å². The van der Waals surface area contributed by atoms with E-state index in [4.69, 9.17) is 28.3 Å². The second kappa shape index (κ2) is 4.88. The van der Waals surface area contributed by atoms with Crippen molar-refractivity contribution in [2.75, 3.05) is 0 Å². The van der Waals surface area contributed by atoms with Crippen molar-refractivity contribution < 1.29 is 5.11 Å². The maximum atomic E-state index is 9.10. The Morgan fingerprint density at radius 2 is 1.62 bits per heavy atom. The zero-order chi connectivity index (χ0) is 11.5. The van der Waals surface area contributed by atoms with E-state index in [0.29, 0.717) is 10.0 Å². The van der Waals surface area contributed by atoms with Gasteiger partial charge in [0.25, 0.3) is 0 Å². The van der Waals surface area contributed by atoms with Crippen molar-refractivity contribution in [3.05, 3.63) is 58.1 Å². The monoisotopic (exact) mass is 252 g/mol. The fourth-order valence-corrected chi connectivity index (χ4v) is 2.02. The van der Waals surface area contributed by atoms with Crippen molar-refractivity contribution in [3.63, 3.8) is 0 Å². The molecule has 0 bridgehead atoms. The zero-order valence-corrected chi connectivity index (χ0v) is 9.96. The van der Waals surface area contributed by atoms with Crippen LogP contribution in [0.4, 0.5) is 0 Å². The lowest BCUT2D eigenvalue weighted by molar-refractivity contribution is 0.282. The van der Waals surface area contributed by atoms with Crippen LogP contribution in [-0.2, 0) is 6.61 Å². The number of halogens is 2. The lowest BCUT2D eigenvalue weighted by Gasteiger charge is -2.05. The molecule has 16 heavy (non-hydrogen) atoms. The van der Waals surface area contributed by atoms with Gasteiger partial charge < -0.3 is 5.11 Å². The Bertz CT molecular complexity index is 509. The van der Waals surface area contributed by atoms with Gasteiger partial charge in [0.15, 0.2) is 0 Å². The van der Waals surface area contributed by atoms with Crippen molar-refractivity contribution in [2.45, 2.75) is 6.61 Å². The molecule has 2 aromatic rings. The SMILES string of the molecule is OCc1cc(Cl)cc(-c2cccc(Cl)c2)c1. The van der Waals surface area contributed by atoms with Crippen LogP contribution in [0.5, 0.6) is 0 Å². The molecule has 0 spiro atoms. The molecule has 0 heterocycles. The molecule has 0 saturated heterocycles. The molecule has 0 amide bonds. The molecule has 1 nitrogen and oxygen atoms in total. The van der Waals surface area contributed by atoms with Gasteiger partial charge in [0.2, 0.25) is 0 Å². The Kier molecular flexibility index (Phi) is 3.49. The van der Waals surface area contributed by atoms with Gasteiger partial charge in [0.1, 0.15) is 0 Å². The zero-order valence-electron chi connectivity index (χ0n) is 8.45. The third-order valence-corrected chi connectivity index (χ3v) is 2.75. The van der Waals surface area contributed by atoms with Gasteiger partial charge in [-0.25, -0.2) is 0 Å². The van der Waals surface area contributed by atoms with E-state index >= 15 is 0 Å². The molecule has 0 aliphatic heterocycles. The first-order valence-corrected chi connectivity index (χ1v) is 5.61. The second-order valence-electron chi connectivity index (χ2n) is 3.52. The summed E-state index contributed by atoms with van der Waals surface area (Å²) >= 11 is 11.9. The normalized spacial score (nSPS) is 10.4. The van der Waals surface area contributed by atoms with Gasteiger partial charge in [0, 0.05) is 10.0 Å². The molecule has 3 heteroatoms. The third kappa shape index (κ3) is 2.56. The summed E-state index contributed by atoms with van der Waals surface area (Å²) in [5, 5.41) is 10.4. The molecule has 0 radical (unpaired) electrons. The van der Waals surface area contributed by atoms with E-state index in [2.05, 4.69) is 0 Å². The van der Waals surface area contributed by atoms with Crippen LogP contribution in [-0.4, -0.2) is 5.11 Å². The minimum atomic E-state index is -0.0197. The first-order valence-electron chi connectivity index (χ1n) is 4.85. The molecule has 0 atom stereocenters. The number of aliphatic hydroxyl groups excluding tert-OH is 1. The molecule has 0 aliphatic carbocycles. The maximum Gasteiger partial charge on any atom is 0.0682 e. The van der Waals surface area contributed by atoms with Gasteiger partial charge in [-0.15, -0.1) is 0 Å². The standard InChI is InChI=1S/C13H10Cl2O/c14-12-3-1-2-10(6-12)11-4-9(8-16)5-13(15)7-11/h1-7,16H,8H2. The van der Waals surface area contributed by atoms with Gasteiger partial charge in [-0.1, -0.05) is 35.3 Å². The van der Waals surface area contributed by atoms with Gasteiger partial charge in [-0.3, -0.25) is 0 Å². The lowest BCUT2D eigenvalue weighted by atomic mass is 10.0. The average molecular weight is 253 g/mol. The van der Waals surface area contributed by atoms with Crippen LogP contribution in [0, 0.1) is 0 Å². The smallest absolute Gasteiger partial charge is 0.0682 e. The molecular weight excluding hydrogens is 243 g/mol. The summed E-state index contributed by atoms with van der Waals surface area (Å²) in [6, 6.07) is 13.0. The fraction of sp³-hybridized carbons (Fsp3) is 0.0769. The molecule has 1 N–H and O–H groups in total. The van der Waals surface area contributed by atoms with E-state index in [1.54, 1.807) is 6.07 Å². The minimum absolute atomic E-state index is 0.0197. The van der Waals surface area contributed by atoms with Crippen LogP contribution >= 0.6 is 23.2 Å². The van der Waals surface area contributed by atoms with Crippen molar-refractivity contribution in [2.24, 2.45) is 0 Å². The van der Waals surface area contributed by atoms with Crippen LogP contribution < -0.4 is 0 Å². The quantitative estimate of drug-likeness (QED) is 0.852. The van der Waals surface area contributed by atoms with E-state index in [0.717, 1.165) is 16.7 Å². The Morgan fingerprint density at radius 3 is 2.31 bits per heavy atom. The van der Waals surface area contributed by atoms with E-state index in [1.807, 2.05) is 36.4 Å². The first-order chi connectivity index (χ1) is 7.69. The molecule has 0 saturated carbocycles. The van der Waals surface area contributed by atoms with Crippen molar-refractivity contribution >= 4 is 23.2 Å². The predicted octanol–water partition coefficient (Wildman–Crippen LogP) is 4.15. The molecule has 0 fully saturated rings. The number of aliphatic hydroxyl groups is 1. The highest BCUT2D eigenvalue weighted by Gasteiger charge is 2.02. The molecule has 0 aromatic heterocycles. The number of hydrogen-bond acceptors (Lipinski definition) is 1. The van der Waals surface area contributed by atoms with E-state index < -0.39 is 0 Å². The van der Waals surface area contributed by atoms with E-state index in [1.165, 1.54) is 0 Å². The van der Waals surface area contributed by atoms with E-state index in [-0.39, 0.29) is 6.61 Å². The summed E-state index contributed by atoms with van der Waals surface area (Å²) in [5.41, 5.74) is 2.74. The van der Waals surface area contributed by atoms with Gasteiger partial charge in [-0.05, 0) is 47.0 Å². The summed E-state index contributed by atoms with van der Waals surface area (Å²) in [5.74, 6) is 0. The largest absolute Gasteiger partial charge is 0.392 e. The molecule has 2 aromatic carbocycles. The van der Waals surface area contributed by atoms with E-state index in [9.17, 15) is 0 Å². The highest BCUT2D eigenvalue weighted by Crippen LogP contribution is 2.26. The number of hydrogen-bond donors (Lipinski definition) is 1. The van der Waals surface area contributed by atoms with Crippen LogP contribution in [0.3, 0.4) is 0 Å². The third-order valence-electron chi connectivity index (χ3n) is 2.30. The summed E-state index contributed by atoms with van der Waals surface area (Å²) in [6.07, 6.45) is 0. The lowest BCUT2D eigenvalue weighted by Crippen LogP contribution is -1.85. The van der Waals surface area contributed by atoms with Crippen molar-refractivity contribution in [3.8, 4) is 11.1 Å². The molecular formula is C13H10Cl2O. The minimum Gasteiger partial charge on any atom is -0.392 e. The van der Waals surface area contributed by atoms with Crippen LogP contribution in [0.1, 0.15) is 5.56 Å². The maximum absolute atomic E-state index is 9.10. The Morgan fingerprint density at radius 1 is 0.875 bits per heavy atom. The molecule has 0 aliphatic rings. The van der Waals surface area contributed by atoms with Crippen molar-refractivity contribution in [1.82, 2.24) is 0 Å². The van der Waals surface area contributed by atoms with Crippen LogP contribution in [0.2, 0.25) is 10.0 Å². The summed E-state index contributed by atoms with van der Waals surface area (Å²) in [7, 11) is 0. The van der Waals surface area contributed by atoms with Crippen LogP contribution in [0.15, 0.2) is 42.5 Å². The molecule has 82 valence electrons. The molecule has 0 unspecified atom stereocenters. The van der Waals surface area contributed by atoms with Crippen LogP contribution in [0.25, 0.3) is 11.1 Å². The van der Waals surface area contributed by atoms with Gasteiger partial charge in [0.05, 0.1) is 6.61 Å².